The van der Waals surface area contributed by atoms with Gasteiger partial charge in [0.2, 0.25) is 0 Å². The molecule has 2 rings (SSSR count). The zero-order valence-corrected chi connectivity index (χ0v) is 10.8. The van der Waals surface area contributed by atoms with E-state index in [2.05, 4.69) is 0 Å². The third kappa shape index (κ3) is 2.96. The number of hydrogen-bond donors (Lipinski definition) is 1. The van der Waals surface area contributed by atoms with Crippen LogP contribution in [0.15, 0.2) is 30.3 Å². The van der Waals surface area contributed by atoms with Crippen LogP contribution in [0.5, 0.6) is 0 Å². The summed E-state index contributed by atoms with van der Waals surface area (Å²) in [5, 5.41) is 0. The summed E-state index contributed by atoms with van der Waals surface area (Å²) in [5.41, 5.74) is 4.87. The number of aryl methyl sites for hydroxylation is 1. The fraction of sp³-hybridized carbons (Fsp3) is 0.231. The largest absolute Gasteiger partial charge is 0.419 e. The highest BCUT2D eigenvalue weighted by Gasteiger charge is 2.34. The van der Waals surface area contributed by atoms with E-state index >= 15 is 0 Å². The van der Waals surface area contributed by atoms with Gasteiger partial charge in [-0.2, -0.15) is 13.2 Å². The van der Waals surface area contributed by atoms with Crippen LogP contribution in [0.1, 0.15) is 26.9 Å². The van der Waals surface area contributed by atoms with Crippen LogP contribution >= 0.6 is 11.3 Å². The van der Waals surface area contributed by atoms with Gasteiger partial charge in [-0.15, -0.1) is 11.3 Å². The van der Waals surface area contributed by atoms with Crippen LogP contribution in [-0.2, 0) is 6.18 Å². The maximum atomic E-state index is 13.2. The minimum Gasteiger partial charge on any atom is -0.320 e. The number of rotatable bonds is 2. The van der Waals surface area contributed by atoms with Gasteiger partial charge in [0.25, 0.3) is 0 Å². The van der Waals surface area contributed by atoms with Crippen molar-refractivity contribution in [2.45, 2.75) is 19.1 Å². The van der Waals surface area contributed by atoms with Crippen LogP contribution in [0.4, 0.5) is 17.6 Å². The second kappa shape index (κ2) is 4.94. The van der Waals surface area contributed by atoms with Gasteiger partial charge in [0.05, 0.1) is 11.6 Å². The van der Waals surface area contributed by atoms with Crippen molar-refractivity contribution in [1.82, 2.24) is 0 Å². The summed E-state index contributed by atoms with van der Waals surface area (Å²) in [6.07, 6.45) is -4.72. The summed E-state index contributed by atoms with van der Waals surface area (Å²) in [6.45, 7) is 1.88. The maximum Gasteiger partial charge on any atom is 0.419 e. The topological polar surface area (TPSA) is 26.0 Å². The maximum absolute atomic E-state index is 13.2. The Kier molecular flexibility index (Phi) is 3.64. The highest BCUT2D eigenvalue weighted by molar-refractivity contribution is 7.12. The predicted octanol–water partition coefficient (Wildman–Crippen LogP) is 4.26. The first kappa shape index (κ1) is 14.0. The number of alkyl halides is 3. The van der Waals surface area contributed by atoms with Crippen LogP contribution in [-0.4, -0.2) is 0 Å². The first-order chi connectivity index (χ1) is 8.79. The van der Waals surface area contributed by atoms with Crippen molar-refractivity contribution < 1.29 is 17.6 Å². The first-order valence-electron chi connectivity index (χ1n) is 5.47. The van der Waals surface area contributed by atoms with Gasteiger partial charge < -0.3 is 5.73 Å². The molecule has 0 aliphatic heterocycles. The molecule has 6 heteroatoms. The fourth-order valence-electron chi connectivity index (χ4n) is 1.74. The zero-order valence-electron chi connectivity index (χ0n) is 9.96. The molecule has 2 aromatic rings. The summed E-state index contributed by atoms with van der Waals surface area (Å²) >= 11 is 1.41. The molecule has 2 N–H and O–H groups in total. The second-order valence-electron chi connectivity index (χ2n) is 4.16. The van der Waals surface area contributed by atoms with Gasteiger partial charge in [-0.3, -0.25) is 0 Å². The van der Waals surface area contributed by atoms with E-state index in [9.17, 15) is 17.6 Å². The number of hydrogen-bond acceptors (Lipinski definition) is 2. The quantitative estimate of drug-likeness (QED) is 0.821. The molecular weight excluding hydrogens is 278 g/mol. The average molecular weight is 289 g/mol. The molecule has 0 bridgehead atoms. The van der Waals surface area contributed by atoms with E-state index in [1.165, 1.54) is 17.4 Å². The molecule has 0 amide bonds. The molecule has 0 radical (unpaired) electrons. The number of halogens is 4. The molecule has 102 valence electrons. The molecule has 1 aromatic carbocycles. The lowest BCUT2D eigenvalue weighted by Gasteiger charge is -2.14. The molecule has 1 nitrogen and oxygen atoms in total. The Morgan fingerprint density at radius 1 is 1.16 bits per heavy atom. The minimum atomic E-state index is -4.72. The van der Waals surface area contributed by atoms with Crippen molar-refractivity contribution in [1.29, 1.82) is 0 Å². The van der Waals surface area contributed by atoms with Gasteiger partial charge >= 0.3 is 6.18 Å². The van der Waals surface area contributed by atoms with E-state index in [1.54, 1.807) is 6.07 Å². The molecule has 0 saturated heterocycles. The van der Waals surface area contributed by atoms with Crippen LogP contribution < -0.4 is 5.73 Å². The summed E-state index contributed by atoms with van der Waals surface area (Å²) in [5.74, 6) is -1.29. The molecule has 1 unspecified atom stereocenters. The SMILES string of the molecule is Cc1ccc(C(N)c2ccc(F)c(C(F)(F)F)c2)s1. The van der Waals surface area contributed by atoms with Crippen molar-refractivity contribution in [3.05, 3.63) is 57.0 Å². The van der Waals surface area contributed by atoms with Crippen LogP contribution in [0.2, 0.25) is 0 Å². The standard InChI is InChI=1S/C13H11F4NS/c1-7-2-5-11(19-7)12(18)8-3-4-10(14)9(6-8)13(15,16)17/h2-6,12H,18H2,1H3. The molecule has 1 heterocycles. The Hall–Kier alpha value is -1.40. The Morgan fingerprint density at radius 3 is 2.37 bits per heavy atom. The lowest BCUT2D eigenvalue weighted by molar-refractivity contribution is -0.140. The molecule has 1 aromatic heterocycles. The summed E-state index contributed by atoms with van der Waals surface area (Å²) in [7, 11) is 0. The van der Waals surface area contributed by atoms with E-state index < -0.39 is 23.6 Å². The highest BCUT2D eigenvalue weighted by Crippen LogP contribution is 2.34. The van der Waals surface area contributed by atoms with Crippen LogP contribution in [0, 0.1) is 12.7 Å². The lowest BCUT2D eigenvalue weighted by Crippen LogP contribution is -2.14. The number of thiophene rings is 1. The molecule has 1 atom stereocenters. The molecule has 0 saturated carbocycles. The Bertz CT molecular complexity index is 589. The third-order valence-corrected chi connectivity index (χ3v) is 3.81. The monoisotopic (exact) mass is 289 g/mol. The molecular formula is C13H11F4NS. The van der Waals surface area contributed by atoms with Gasteiger partial charge in [0, 0.05) is 9.75 Å². The van der Waals surface area contributed by atoms with Crippen LogP contribution in [0.3, 0.4) is 0 Å². The molecule has 0 fully saturated rings. The predicted molar refractivity (Wildman–Crippen MR) is 66.5 cm³/mol. The zero-order chi connectivity index (χ0) is 14.2. The van der Waals surface area contributed by atoms with Crippen molar-refractivity contribution in [3.8, 4) is 0 Å². The van der Waals surface area contributed by atoms with Gasteiger partial charge in [-0.25, -0.2) is 4.39 Å². The number of nitrogens with two attached hydrogens (primary N) is 1. The molecule has 19 heavy (non-hydrogen) atoms. The smallest absolute Gasteiger partial charge is 0.320 e. The Balaban J connectivity index is 2.41. The van der Waals surface area contributed by atoms with Gasteiger partial charge in [0.15, 0.2) is 0 Å². The van der Waals surface area contributed by atoms with E-state index in [4.69, 9.17) is 5.73 Å². The van der Waals surface area contributed by atoms with Crippen molar-refractivity contribution in [2.75, 3.05) is 0 Å². The van der Waals surface area contributed by atoms with Crippen molar-refractivity contribution in [2.24, 2.45) is 5.73 Å². The summed E-state index contributed by atoms with van der Waals surface area (Å²) in [4.78, 5) is 1.76. The Morgan fingerprint density at radius 2 is 1.84 bits per heavy atom. The van der Waals surface area contributed by atoms with Gasteiger partial charge in [-0.05, 0) is 36.8 Å². The Labute approximate surface area is 111 Å². The molecule has 0 spiro atoms. The van der Waals surface area contributed by atoms with Gasteiger partial charge in [0.1, 0.15) is 5.82 Å². The molecule has 0 aliphatic rings. The normalized spacial score (nSPS) is 13.6. The molecule has 0 aliphatic carbocycles. The van der Waals surface area contributed by atoms with Crippen molar-refractivity contribution >= 4 is 11.3 Å². The summed E-state index contributed by atoms with van der Waals surface area (Å²) in [6, 6.07) is 5.79. The van der Waals surface area contributed by atoms with E-state index in [0.717, 1.165) is 21.9 Å². The van der Waals surface area contributed by atoms with E-state index in [0.29, 0.717) is 0 Å². The first-order valence-corrected chi connectivity index (χ1v) is 6.29. The van der Waals surface area contributed by atoms with E-state index in [1.807, 2.05) is 13.0 Å². The summed E-state index contributed by atoms with van der Waals surface area (Å²) < 4.78 is 51.0. The lowest BCUT2D eigenvalue weighted by atomic mass is 10.0. The van der Waals surface area contributed by atoms with Crippen molar-refractivity contribution in [3.63, 3.8) is 0 Å². The number of benzene rings is 1. The third-order valence-electron chi connectivity index (χ3n) is 2.72. The van der Waals surface area contributed by atoms with E-state index in [-0.39, 0.29) is 5.56 Å². The minimum absolute atomic E-state index is 0.246. The van der Waals surface area contributed by atoms with Crippen LogP contribution in [0.25, 0.3) is 0 Å². The fourth-order valence-corrected chi connectivity index (χ4v) is 2.65. The van der Waals surface area contributed by atoms with Gasteiger partial charge in [-0.1, -0.05) is 6.07 Å². The average Bonchev–Trinajstić information content (AvgIpc) is 2.74. The highest BCUT2D eigenvalue weighted by atomic mass is 32.1. The second-order valence-corrected chi connectivity index (χ2v) is 5.48.